The van der Waals surface area contributed by atoms with E-state index < -0.39 is 5.97 Å². The van der Waals surface area contributed by atoms with Crippen molar-refractivity contribution >= 4 is 22.6 Å². The van der Waals surface area contributed by atoms with Gasteiger partial charge in [0.05, 0.1) is 17.0 Å². The van der Waals surface area contributed by atoms with Gasteiger partial charge in [-0.2, -0.15) is 0 Å². The van der Waals surface area contributed by atoms with E-state index in [0.29, 0.717) is 6.54 Å². The van der Waals surface area contributed by atoms with Crippen molar-refractivity contribution in [2.24, 2.45) is 0 Å². The number of pyridine rings is 1. The number of aromatic nitrogens is 4. The summed E-state index contributed by atoms with van der Waals surface area (Å²) < 4.78 is 4.18. The fourth-order valence-corrected chi connectivity index (χ4v) is 3.16. The second-order valence-corrected chi connectivity index (χ2v) is 5.90. The van der Waals surface area contributed by atoms with Gasteiger partial charge in [-0.1, -0.05) is 18.2 Å². The van der Waals surface area contributed by atoms with Crippen LogP contribution in [-0.4, -0.2) is 25.1 Å². The van der Waals surface area contributed by atoms with Gasteiger partial charge in [0.15, 0.2) is 5.65 Å². The van der Waals surface area contributed by atoms with E-state index in [1.54, 1.807) is 18.2 Å². The van der Waals surface area contributed by atoms with Crippen molar-refractivity contribution in [1.82, 2.24) is 19.2 Å². The second-order valence-electron chi connectivity index (χ2n) is 5.90. The Hall–Kier alpha value is -3.15. The van der Waals surface area contributed by atoms with Crippen LogP contribution in [0.15, 0.2) is 42.5 Å². The van der Waals surface area contributed by atoms with Gasteiger partial charge in [-0.05, 0) is 49.2 Å². The summed E-state index contributed by atoms with van der Waals surface area (Å²) in [7, 11) is 0. The lowest BCUT2D eigenvalue weighted by Gasteiger charge is -2.10. The maximum Gasteiger partial charge on any atom is 0.161 e. The molecule has 3 heterocycles. The Labute approximate surface area is 138 Å². The summed E-state index contributed by atoms with van der Waals surface area (Å²) in [4.78, 5) is 11.1. The lowest BCUT2D eigenvalue weighted by molar-refractivity contribution is -0.255. The van der Waals surface area contributed by atoms with Gasteiger partial charge in [0, 0.05) is 12.2 Å². The molecule has 0 saturated carbocycles. The Morgan fingerprint density at radius 3 is 2.71 bits per heavy atom. The standard InChI is InChI=1S/C18H16N4O2/c1-11-8-16-15(6-7-17-20-19-12(2)22(16)17)21(11)10-13-4-3-5-14(9-13)18(23)24/h3-9H,10H2,1-2H3,(H,23,24)/p-1. The van der Waals surface area contributed by atoms with Crippen molar-refractivity contribution in [1.29, 1.82) is 0 Å². The predicted molar refractivity (Wildman–Crippen MR) is 87.8 cm³/mol. The van der Waals surface area contributed by atoms with Gasteiger partial charge in [-0.25, -0.2) is 0 Å². The smallest absolute Gasteiger partial charge is 0.161 e. The summed E-state index contributed by atoms with van der Waals surface area (Å²) in [5.41, 5.74) is 5.11. The first kappa shape index (κ1) is 14.4. The second kappa shape index (κ2) is 5.19. The molecule has 24 heavy (non-hydrogen) atoms. The minimum absolute atomic E-state index is 0.193. The van der Waals surface area contributed by atoms with E-state index in [9.17, 15) is 9.90 Å². The van der Waals surface area contributed by atoms with E-state index >= 15 is 0 Å². The molecule has 0 bridgehead atoms. The van der Waals surface area contributed by atoms with Crippen LogP contribution < -0.4 is 5.11 Å². The molecule has 0 atom stereocenters. The van der Waals surface area contributed by atoms with Crippen molar-refractivity contribution in [3.05, 3.63) is 65.1 Å². The SMILES string of the molecule is Cc1cc2c(ccc3nnc(C)n32)n1Cc1cccc(C(=O)[O-])c1. The number of hydrogen-bond donors (Lipinski definition) is 0. The van der Waals surface area contributed by atoms with Gasteiger partial charge in [-0.3, -0.25) is 4.40 Å². The van der Waals surface area contributed by atoms with Crippen LogP contribution in [0, 0.1) is 13.8 Å². The van der Waals surface area contributed by atoms with E-state index in [1.165, 1.54) is 0 Å². The molecule has 0 fully saturated rings. The zero-order valence-corrected chi connectivity index (χ0v) is 13.4. The molecule has 0 radical (unpaired) electrons. The molecule has 1 aromatic carbocycles. The number of hydrogen-bond acceptors (Lipinski definition) is 4. The fourth-order valence-electron chi connectivity index (χ4n) is 3.16. The number of rotatable bonds is 3. The third-order valence-electron chi connectivity index (χ3n) is 4.31. The molecule has 0 saturated heterocycles. The summed E-state index contributed by atoms with van der Waals surface area (Å²) in [6, 6.07) is 12.9. The van der Waals surface area contributed by atoms with Gasteiger partial charge < -0.3 is 14.5 Å². The Kier molecular flexibility index (Phi) is 3.13. The van der Waals surface area contributed by atoms with Crippen molar-refractivity contribution < 1.29 is 9.90 Å². The van der Waals surface area contributed by atoms with Crippen molar-refractivity contribution in [2.75, 3.05) is 0 Å². The van der Waals surface area contributed by atoms with Crippen LogP contribution in [0.5, 0.6) is 0 Å². The van der Waals surface area contributed by atoms with Gasteiger partial charge in [-0.15, -0.1) is 10.2 Å². The topological polar surface area (TPSA) is 75.2 Å². The van der Waals surface area contributed by atoms with E-state index in [4.69, 9.17) is 0 Å². The van der Waals surface area contributed by atoms with Gasteiger partial charge in [0.2, 0.25) is 0 Å². The number of carbonyl (C=O) groups excluding carboxylic acids is 1. The molecule has 0 spiro atoms. The first-order chi connectivity index (χ1) is 11.5. The van der Waals surface area contributed by atoms with Gasteiger partial charge in [0.25, 0.3) is 0 Å². The van der Waals surface area contributed by atoms with Crippen molar-refractivity contribution in [3.8, 4) is 0 Å². The lowest BCUT2D eigenvalue weighted by Crippen LogP contribution is -2.22. The lowest BCUT2D eigenvalue weighted by atomic mass is 10.1. The van der Waals surface area contributed by atoms with Crippen LogP contribution >= 0.6 is 0 Å². The predicted octanol–water partition coefficient (Wildman–Crippen LogP) is 1.71. The third-order valence-corrected chi connectivity index (χ3v) is 4.31. The minimum atomic E-state index is -1.16. The number of carbonyl (C=O) groups is 1. The Morgan fingerprint density at radius 2 is 1.92 bits per heavy atom. The summed E-state index contributed by atoms with van der Waals surface area (Å²) in [5, 5.41) is 19.3. The molecule has 0 unspecified atom stereocenters. The summed E-state index contributed by atoms with van der Waals surface area (Å²) in [5.74, 6) is -0.320. The number of carboxylic acids is 1. The van der Waals surface area contributed by atoms with Crippen molar-refractivity contribution in [2.45, 2.75) is 20.4 Å². The molecule has 0 N–H and O–H groups in total. The summed E-state index contributed by atoms with van der Waals surface area (Å²) in [6.45, 7) is 4.55. The van der Waals surface area contributed by atoms with Gasteiger partial charge >= 0.3 is 0 Å². The zero-order valence-electron chi connectivity index (χ0n) is 13.4. The first-order valence-corrected chi connectivity index (χ1v) is 7.65. The van der Waals surface area contributed by atoms with Crippen LogP contribution in [0.25, 0.3) is 16.7 Å². The maximum absolute atomic E-state index is 11.1. The highest BCUT2D eigenvalue weighted by atomic mass is 16.4. The van der Waals surface area contributed by atoms with E-state index in [1.807, 2.05) is 36.4 Å². The van der Waals surface area contributed by atoms with Crippen LogP contribution in [0.2, 0.25) is 0 Å². The Balaban J connectivity index is 1.86. The highest BCUT2D eigenvalue weighted by Gasteiger charge is 2.12. The molecule has 120 valence electrons. The monoisotopic (exact) mass is 319 g/mol. The molecule has 6 nitrogen and oxygen atoms in total. The molecule has 0 aliphatic heterocycles. The quantitative estimate of drug-likeness (QED) is 0.576. The van der Waals surface area contributed by atoms with Gasteiger partial charge in [0.1, 0.15) is 5.82 Å². The number of nitrogens with zero attached hydrogens (tertiary/aromatic N) is 4. The number of aryl methyl sites for hydroxylation is 2. The van der Waals surface area contributed by atoms with Crippen LogP contribution in [0.4, 0.5) is 0 Å². The largest absolute Gasteiger partial charge is 0.545 e. The van der Waals surface area contributed by atoms with E-state index in [-0.39, 0.29) is 5.56 Å². The Bertz CT molecular complexity index is 1090. The average Bonchev–Trinajstić information content (AvgIpc) is 3.09. The molecule has 4 aromatic rings. The highest BCUT2D eigenvalue weighted by molar-refractivity contribution is 5.86. The summed E-state index contributed by atoms with van der Waals surface area (Å²) in [6.07, 6.45) is 0. The number of fused-ring (bicyclic) bond motifs is 3. The third kappa shape index (κ3) is 2.15. The Morgan fingerprint density at radius 1 is 1.08 bits per heavy atom. The number of benzene rings is 1. The fraction of sp³-hybridized carbons (Fsp3) is 0.167. The zero-order chi connectivity index (χ0) is 16.8. The number of carboxylic acid groups (broad SMARTS) is 1. The summed E-state index contributed by atoms with van der Waals surface area (Å²) >= 11 is 0. The molecular weight excluding hydrogens is 304 g/mol. The highest BCUT2D eigenvalue weighted by Crippen LogP contribution is 2.23. The van der Waals surface area contributed by atoms with Crippen LogP contribution in [0.1, 0.15) is 27.4 Å². The van der Waals surface area contributed by atoms with Crippen molar-refractivity contribution in [3.63, 3.8) is 0 Å². The number of aromatic carboxylic acids is 1. The molecule has 6 heteroatoms. The molecule has 4 rings (SSSR count). The van der Waals surface area contributed by atoms with E-state index in [2.05, 4.69) is 20.8 Å². The molecule has 0 amide bonds. The minimum Gasteiger partial charge on any atom is -0.545 e. The molecule has 3 aromatic heterocycles. The van der Waals surface area contributed by atoms with Crippen LogP contribution in [-0.2, 0) is 6.54 Å². The molecule has 0 aliphatic carbocycles. The average molecular weight is 319 g/mol. The maximum atomic E-state index is 11.1. The molecular formula is C18H15N4O2-. The van der Waals surface area contributed by atoms with Crippen LogP contribution in [0.3, 0.4) is 0 Å². The normalized spacial score (nSPS) is 11.4. The van der Waals surface area contributed by atoms with E-state index in [0.717, 1.165) is 33.8 Å². The first-order valence-electron chi connectivity index (χ1n) is 7.65. The molecule has 0 aliphatic rings.